The van der Waals surface area contributed by atoms with Gasteiger partial charge in [0.05, 0.1) is 0 Å². The zero-order valence-corrected chi connectivity index (χ0v) is 19.8. The van der Waals surface area contributed by atoms with E-state index in [4.69, 9.17) is 0 Å². The van der Waals surface area contributed by atoms with Crippen LogP contribution in [0.4, 0.5) is 17.6 Å². The zero-order valence-electron chi connectivity index (χ0n) is 19.8. The summed E-state index contributed by atoms with van der Waals surface area (Å²) in [6.45, 7) is 5.32. The van der Waals surface area contributed by atoms with Crippen molar-refractivity contribution in [1.82, 2.24) is 0 Å². The van der Waals surface area contributed by atoms with Crippen LogP contribution < -0.4 is 0 Å². The van der Waals surface area contributed by atoms with Gasteiger partial charge in [-0.2, -0.15) is 0 Å². The number of halogens is 4. The van der Waals surface area contributed by atoms with E-state index in [-0.39, 0.29) is 28.7 Å². The molecule has 0 aliphatic heterocycles. The van der Waals surface area contributed by atoms with Crippen molar-refractivity contribution in [2.45, 2.75) is 71.1 Å². The molecule has 1 unspecified atom stereocenters. The van der Waals surface area contributed by atoms with E-state index in [1.165, 1.54) is 39.0 Å². The van der Waals surface area contributed by atoms with Crippen LogP contribution in [0.15, 0.2) is 30.9 Å². The third-order valence-electron chi connectivity index (χ3n) is 8.52. The van der Waals surface area contributed by atoms with E-state index in [0.717, 1.165) is 43.1 Å². The molecule has 0 N–H and O–H groups in total. The SMILES string of the molecule is C=CCCC1CCC(C2CC=C(c3cc4c(c(F)c3F)-c3c(cc(C)c(F)c3F)C4)CC2)CC1. The first-order chi connectivity index (χ1) is 16.4. The molecule has 34 heavy (non-hydrogen) atoms. The van der Waals surface area contributed by atoms with Crippen molar-refractivity contribution >= 4 is 5.57 Å². The molecule has 5 rings (SSSR count). The quantitative estimate of drug-likeness (QED) is 0.259. The standard InChI is InChI=1S/C30H32F4/c1-3-4-5-18-6-8-19(9-7-18)20-10-12-21(13-11-20)24-16-23-15-22-14-17(2)27(31)29(33)25(22)26(23)30(34)28(24)32/h3,12,14,16,18-20H,1,4-11,13,15H2,2H3. The topological polar surface area (TPSA) is 0 Å². The first-order valence-corrected chi connectivity index (χ1v) is 12.7. The Bertz CT molecular complexity index is 1150. The first kappa shape index (κ1) is 23.4. The highest BCUT2D eigenvalue weighted by molar-refractivity contribution is 5.81. The van der Waals surface area contributed by atoms with E-state index in [2.05, 4.69) is 12.7 Å². The van der Waals surface area contributed by atoms with Crippen LogP contribution in [0.2, 0.25) is 0 Å². The molecule has 3 aliphatic carbocycles. The predicted octanol–water partition coefficient (Wildman–Crippen LogP) is 9.08. The molecule has 0 bridgehead atoms. The van der Waals surface area contributed by atoms with Gasteiger partial charge in [-0.25, -0.2) is 17.6 Å². The number of aryl methyl sites for hydroxylation is 1. The Balaban J connectivity index is 1.34. The van der Waals surface area contributed by atoms with E-state index in [1.807, 2.05) is 6.08 Å². The molecule has 0 amide bonds. The fourth-order valence-corrected chi connectivity index (χ4v) is 6.59. The zero-order chi connectivity index (χ0) is 24.0. The van der Waals surface area contributed by atoms with Gasteiger partial charge >= 0.3 is 0 Å². The maximum absolute atomic E-state index is 15.2. The number of hydrogen-bond acceptors (Lipinski definition) is 0. The van der Waals surface area contributed by atoms with Gasteiger partial charge in [0, 0.05) is 16.7 Å². The second-order valence-electron chi connectivity index (χ2n) is 10.5. The lowest BCUT2D eigenvalue weighted by Gasteiger charge is -2.35. The smallest absolute Gasteiger partial charge is 0.167 e. The second kappa shape index (κ2) is 9.36. The van der Waals surface area contributed by atoms with Gasteiger partial charge < -0.3 is 0 Å². The fourth-order valence-electron chi connectivity index (χ4n) is 6.59. The average Bonchev–Trinajstić information content (AvgIpc) is 3.22. The molecule has 1 saturated carbocycles. The van der Waals surface area contributed by atoms with Crippen molar-refractivity contribution in [3.8, 4) is 11.1 Å². The molecule has 0 nitrogen and oxygen atoms in total. The molecule has 1 atom stereocenters. The van der Waals surface area contributed by atoms with Crippen LogP contribution in [0.3, 0.4) is 0 Å². The van der Waals surface area contributed by atoms with Crippen LogP contribution in [0, 0.1) is 47.9 Å². The Morgan fingerprint density at radius 1 is 0.853 bits per heavy atom. The van der Waals surface area contributed by atoms with Gasteiger partial charge in [-0.05, 0) is 104 Å². The predicted molar refractivity (Wildman–Crippen MR) is 129 cm³/mol. The molecule has 0 aromatic heterocycles. The molecule has 2 aromatic carbocycles. The number of hydrogen-bond donors (Lipinski definition) is 0. The summed E-state index contributed by atoms with van der Waals surface area (Å²) in [6.07, 6.45) is 14.4. The number of benzene rings is 2. The summed E-state index contributed by atoms with van der Waals surface area (Å²) in [5.41, 5.74) is 2.12. The average molecular weight is 469 g/mol. The summed E-state index contributed by atoms with van der Waals surface area (Å²) in [7, 11) is 0. The normalized spacial score (nSPS) is 23.9. The highest BCUT2D eigenvalue weighted by Gasteiger charge is 2.33. The van der Waals surface area contributed by atoms with Crippen LogP contribution >= 0.6 is 0 Å². The minimum Gasteiger partial charge on any atom is -0.203 e. The minimum atomic E-state index is -1.08. The Labute approximate surface area is 199 Å². The summed E-state index contributed by atoms with van der Waals surface area (Å²) in [4.78, 5) is 0. The van der Waals surface area contributed by atoms with Gasteiger partial charge in [0.1, 0.15) is 0 Å². The summed E-state index contributed by atoms with van der Waals surface area (Å²) in [6, 6.07) is 3.21. The van der Waals surface area contributed by atoms with Crippen LogP contribution in [0.25, 0.3) is 16.7 Å². The number of rotatable bonds is 5. The largest absolute Gasteiger partial charge is 0.203 e. The van der Waals surface area contributed by atoms with Crippen molar-refractivity contribution in [3.05, 3.63) is 76.4 Å². The van der Waals surface area contributed by atoms with Gasteiger partial charge in [0.2, 0.25) is 0 Å². The molecular formula is C30H32F4. The molecule has 180 valence electrons. The Kier molecular flexibility index (Phi) is 6.43. The third kappa shape index (κ3) is 4.03. The summed E-state index contributed by atoms with van der Waals surface area (Å²) in [5.74, 6) is -1.94. The highest BCUT2D eigenvalue weighted by atomic mass is 19.2. The van der Waals surface area contributed by atoms with Crippen molar-refractivity contribution in [2.75, 3.05) is 0 Å². The second-order valence-corrected chi connectivity index (χ2v) is 10.5. The number of fused-ring (bicyclic) bond motifs is 3. The Hall–Kier alpha value is -2.36. The maximum atomic E-state index is 15.2. The van der Waals surface area contributed by atoms with Crippen molar-refractivity contribution < 1.29 is 17.6 Å². The van der Waals surface area contributed by atoms with Crippen molar-refractivity contribution in [3.63, 3.8) is 0 Å². The molecule has 3 aliphatic rings. The van der Waals surface area contributed by atoms with Gasteiger partial charge in [0.25, 0.3) is 0 Å². The lowest BCUT2D eigenvalue weighted by molar-refractivity contribution is 0.190. The molecule has 2 aromatic rings. The molecule has 0 saturated heterocycles. The molecule has 0 heterocycles. The van der Waals surface area contributed by atoms with E-state index in [0.29, 0.717) is 17.0 Å². The summed E-state index contributed by atoms with van der Waals surface area (Å²) in [5, 5.41) is 0. The lowest BCUT2D eigenvalue weighted by Crippen LogP contribution is -2.23. The van der Waals surface area contributed by atoms with Gasteiger partial charge in [-0.15, -0.1) is 6.58 Å². The van der Waals surface area contributed by atoms with E-state index >= 15 is 8.78 Å². The molecule has 1 fully saturated rings. The molecular weight excluding hydrogens is 436 g/mol. The van der Waals surface area contributed by atoms with E-state index in [1.54, 1.807) is 12.1 Å². The minimum absolute atomic E-state index is 0.116. The number of allylic oxidation sites excluding steroid dienone is 3. The van der Waals surface area contributed by atoms with Crippen LogP contribution in [-0.2, 0) is 6.42 Å². The van der Waals surface area contributed by atoms with E-state index in [9.17, 15) is 8.78 Å². The third-order valence-corrected chi connectivity index (χ3v) is 8.52. The molecule has 0 radical (unpaired) electrons. The fraction of sp³-hybridized carbons (Fsp3) is 0.467. The highest BCUT2D eigenvalue weighted by Crippen LogP contribution is 2.46. The van der Waals surface area contributed by atoms with Crippen LogP contribution in [0.5, 0.6) is 0 Å². The Morgan fingerprint density at radius 2 is 1.53 bits per heavy atom. The van der Waals surface area contributed by atoms with Gasteiger partial charge in [0.15, 0.2) is 23.3 Å². The molecule has 0 spiro atoms. The first-order valence-electron chi connectivity index (χ1n) is 12.7. The maximum Gasteiger partial charge on any atom is 0.167 e. The Morgan fingerprint density at radius 3 is 2.18 bits per heavy atom. The van der Waals surface area contributed by atoms with Gasteiger partial charge in [-0.3, -0.25) is 0 Å². The van der Waals surface area contributed by atoms with Gasteiger partial charge in [-0.1, -0.05) is 31.1 Å². The van der Waals surface area contributed by atoms with Crippen LogP contribution in [0.1, 0.15) is 80.0 Å². The lowest BCUT2D eigenvalue weighted by atomic mass is 9.70. The van der Waals surface area contributed by atoms with E-state index < -0.39 is 23.3 Å². The van der Waals surface area contributed by atoms with Crippen molar-refractivity contribution in [1.29, 1.82) is 0 Å². The monoisotopic (exact) mass is 468 g/mol. The summed E-state index contributed by atoms with van der Waals surface area (Å²) >= 11 is 0. The molecule has 4 heteroatoms. The van der Waals surface area contributed by atoms with Crippen LogP contribution in [-0.4, -0.2) is 0 Å². The summed E-state index contributed by atoms with van der Waals surface area (Å²) < 4.78 is 59.2. The van der Waals surface area contributed by atoms with Crippen molar-refractivity contribution in [2.24, 2.45) is 17.8 Å².